The van der Waals surface area contributed by atoms with Crippen molar-refractivity contribution in [3.8, 4) is 11.3 Å². The molecule has 1 aromatic carbocycles. The van der Waals surface area contributed by atoms with E-state index in [-0.39, 0.29) is 5.76 Å². The molecular formula is C11H8ClNO3. The fraction of sp³-hybridized carbons (Fsp3) is 0.0909. The first-order valence-electron chi connectivity index (χ1n) is 4.55. The zero-order chi connectivity index (χ0) is 11.7. The molecule has 0 amide bonds. The highest BCUT2D eigenvalue weighted by Crippen LogP contribution is 2.30. The van der Waals surface area contributed by atoms with Gasteiger partial charge in [-0.2, -0.15) is 0 Å². The molecular weight excluding hydrogens is 230 g/mol. The summed E-state index contributed by atoms with van der Waals surface area (Å²) in [6.45, 7) is 1.87. The number of aromatic carboxylic acids is 1. The van der Waals surface area contributed by atoms with Gasteiger partial charge in [-0.15, -0.1) is 0 Å². The Balaban J connectivity index is 2.54. The van der Waals surface area contributed by atoms with Crippen molar-refractivity contribution in [3.63, 3.8) is 0 Å². The van der Waals surface area contributed by atoms with Crippen LogP contribution in [0.15, 0.2) is 28.8 Å². The van der Waals surface area contributed by atoms with E-state index >= 15 is 0 Å². The monoisotopic (exact) mass is 237 g/mol. The van der Waals surface area contributed by atoms with Crippen LogP contribution in [0.4, 0.5) is 0 Å². The normalized spacial score (nSPS) is 10.4. The van der Waals surface area contributed by atoms with Crippen LogP contribution in [0.2, 0.25) is 5.02 Å². The number of carboxylic acid groups (broad SMARTS) is 1. The standard InChI is InChI=1S/C11H8ClNO3/c1-6-3-2-4-7(12)10(6)8-5-9(11(14)15)16-13-8/h2-5H,1H3,(H,14,15). The number of halogens is 1. The molecule has 0 fully saturated rings. The van der Waals surface area contributed by atoms with Gasteiger partial charge in [0.05, 0.1) is 5.02 Å². The molecule has 82 valence electrons. The number of benzene rings is 1. The molecule has 0 unspecified atom stereocenters. The lowest BCUT2D eigenvalue weighted by Crippen LogP contribution is -1.91. The van der Waals surface area contributed by atoms with E-state index < -0.39 is 5.97 Å². The number of aromatic nitrogens is 1. The van der Waals surface area contributed by atoms with Gasteiger partial charge in [-0.25, -0.2) is 4.79 Å². The van der Waals surface area contributed by atoms with Crippen molar-refractivity contribution >= 4 is 17.6 Å². The summed E-state index contributed by atoms with van der Waals surface area (Å²) in [5, 5.41) is 12.9. The summed E-state index contributed by atoms with van der Waals surface area (Å²) in [6, 6.07) is 6.77. The molecule has 1 heterocycles. The van der Waals surface area contributed by atoms with Crippen molar-refractivity contribution in [2.45, 2.75) is 6.92 Å². The first kappa shape index (κ1) is 10.7. The Labute approximate surface area is 96.4 Å². The van der Waals surface area contributed by atoms with E-state index in [1.165, 1.54) is 6.07 Å². The Bertz CT molecular complexity index is 528. The summed E-state index contributed by atoms with van der Waals surface area (Å²) in [7, 11) is 0. The Kier molecular flexibility index (Phi) is 2.66. The molecule has 5 heteroatoms. The molecule has 0 aliphatic heterocycles. The molecule has 16 heavy (non-hydrogen) atoms. The highest BCUT2D eigenvalue weighted by molar-refractivity contribution is 6.33. The molecule has 0 radical (unpaired) electrons. The predicted octanol–water partition coefficient (Wildman–Crippen LogP) is 3.00. The fourth-order valence-electron chi connectivity index (χ4n) is 1.45. The molecule has 0 bridgehead atoms. The second kappa shape index (κ2) is 3.98. The Morgan fingerprint density at radius 2 is 2.25 bits per heavy atom. The average Bonchev–Trinajstić information content (AvgIpc) is 2.66. The minimum absolute atomic E-state index is 0.200. The van der Waals surface area contributed by atoms with Gasteiger partial charge < -0.3 is 9.63 Å². The third-order valence-electron chi connectivity index (χ3n) is 2.20. The van der Waals surface area contributed by atoms with Gasteiger partial charge in [0.1, 0.15) is 5.69 Å². The molecule has 0 aliphatic rings. The summed E-state index contributed by atoms with van der Waals surface area (Å²) in [5.41, 5.74) is 2.04. The van der Waals surface area contributed by atoms with Crippen molar-refractivity contribution in [3.05, 3.63) is 40.6 Å². The third kappa shape index (κ3) is 1.79. The minimum Gasteiger partial charge on any atom is -0.475 e. The molecule has 0 spiro atoms. The summed E-state index contributed by atoms with van der Waals surface area (Å²) in [4.78, 5) is 10.6. The van der Waals surface area contributed by atoms with Gasteiger partial charge in [0, 0.05) is 11.6 Å². The van der Waals surface area contributed by atoms with Crippen molar-refractivity contribution in [1.82, 2.24) is 5.16 Å². The van der Waals surface area contributed by atoms with Crippen LogP contribution in [0, 0.1) is 6.92 Å². The summed E-state index contributed by atoms with van der Waals surface area (Å²) >= 11 is 6.02. The topological polar surface area (TPSA) is 63.3 Å². The number of rotatable bonds is 2. The second-order valence-electron chi connectivity index (χ2n) is 3.31. The third-order valence-corrected chi connectivity index (χ3v) is 2.51. The van der Waals surface area contributed by atoms with Crippen molar-refractivity contribution in [2.24, 2.45) is 0 Å². The van der Waals surface area contributed by atoms with Crippen molar-refractivity contribution in [1.29, 1.82) is 0 Å². The lowest BCUT2D eigenvalue weighted by molar-refractivity contribution is 0.0652. The molecule has 2 rings (SSSR count). The van der Waals surface area contributed by atoms with E-state index in [2.05, 4.69) is 9.68 Å². The number of hydrogen-bond donors (Lipinski definition) is 1. The number of nitrogens with zero attached hydrogens (tertiary/aromatic N) is 1. The van der Waals surface area contributed by atoms with Gasteiger partial charge in [0.15, 0.2) is 0 Å². The van der Waals surface area contributed by atoms with Crippen LogP contribution >= 0.6 is 11.6 Å². The SMILES string of the molecule is Cc1cccc(Cl)c1-c1cc(C(=O)O)on1. The molecule has 2 aromatic rings. The minimum atomic E-state index is -1.15. The van der Waals surface area contributed by atoms with Gasteiger partial charge in [-0.05, 0) is 18.6 Å². The molecule has 0 aliphatic carbocycles. The molecule has 0 atom stereocenters. The number of carbonyl (C=O) groups is 1. The molecule has 1 aromatic heterocycles. The maximum Gasteiger partial charge on any atom is 0.374 e. The zero-order valence-electron chi connectivity index (χ0n) is 8.40. The van der Waals surface area contributed by atoms with Crippen LogP contribution in [0.5, 0.6) is 0 Å². The average molecular weight is 238 g/mol. The lowest BCUT2D eigenvalue weighted by atomic mass is 10.1. The van der Waals surface area contributed by atoms with Crippen LogP contribution in [0.3, 0.4) is 0 Å². The first-order chi connectivity index (χ1) is 7.59. The summed E-state index contributed by atoms with van der Waals surface area (Å²) in [6.07, 6.45) is 0. The van der Waals surface area contributed by atoms with Gasteiger partial charge in [0.2, 0.25) is 5.76 Å². The van der Waals surface area contributed by atoms with Gasteiger partial charge >= 0.3 is 5.97 Å². The fourth-order valence-corrected chi connectivity index (χ4v) is 1.77. The smallest absolute Gasteiger partial charge is 0.374 e. The molecule has 1 N–H and O–H groups in total. The highest BCUT2D eigenvalue weighted by Gasteiger charge is 2.15. The van der Waals surface area contributed by atoms with Crippen LogP contribution in [-0.4, -0.2) is 16.2 Å². The quantitative estimate of drug-likeness (QED) is 0.872. The highest BCUT2D eigenvalue weighted by atomic mass is 35.5. The maximum atomic E-state index is 10.6. The van der Waals surface area contributed by atoms with E-state index in [0.717, 1.165) is 5.56 Å². The predicted molar refractivity (Wildman–Crippen MR) is 58.6 cm³/mol. The summed E-state index contributed by atoms with van der Waals surface area (Å²) in [5.74, 6) is -1.35. The van der Waals surface area contributed by atoms with Crippen molar-refractivity contribution in [2.75, 3.05) is 0 Å². The van der Waals surface area contributed by atoms with E-state index in [0.29, 0.717) is 16.3 Å². The van der Waals surface area contributed by atoms with E-state index in [9.17, 15) is 4.79 Å². The zero-order valence-corrected chi connectivity index (χ0v) is 9.15. The van der Waals surface area contributed by atoms with Gasteiger partial charge in [0.25, 0.3) is 0 Å². The Morgan fingerprint density at radius 1 is 1.50 bits per heavy atom. The van der Waals surface area contributed by atoms with E-state index in [1.54, 1.807) is 6.07 Å². The van der Waals surface area contributed by atoms with Crippen LogP contribution < -0.4 is 0 Å². The van der Waals surface area contributed by atoms with Gasteiger partial charge in [-0.3, -0.25) is 0 Å². The number of carboxylic acids is 1. The van der Waals surface area contributed by atoms with E-state index in [1.807, 2.05) is 19.1 Å². The first-order valence-corrected chi connectivity index (χ1v) is 4.93. The van der Waals surface area contributed by atoms with E-state index in [4.69, 9.17) is 16.7 Å². The largest absolute Gasteiger partial charge is 0.475 e. The number of hydrogen-bond acceptors (Lipinski definition) is 3. The van der Waals surface area contributed by atoms with Crippen LogP contribution in [0.25, 0.3) is 11.3 Å². The summed E-state index contributed by atoms with van der Waals surface area (Å²) < 4.78 is 4.68. The molecule has 4 nitrogen and oxygen atoms in total. The number of aryl methyl sites for hydroxylation is 1. The van der Waals surface area contributed by atoms with Crippen LogP contribution in [0.1, 0.15) is 16.1 Å². The molecule has 0 saturated carbocycles. The van der Waals surface area contributed by atoms with Crippen LogP contribution in [-0.2, 0) is 0 Å². The lowest BCUT2D eigenvalue weighted by Gasteiger charge is -2.03. The molecule has 0 saturated heterocycles. The Hall–Kier alpha value is -1.81. The van der Waals surface area contributed by atoms with Gasteiger partial charge in [-0.1, -0.05) is 28.9 Å². The van der Waals surface area contributed by atoms with Crippen molar-refractivity contribution < 1.29 is 14.4 Å². The maximum absolute atomic E-state index is 10.6. The second-order valence-corrected chi connectivity index (χ2v) is 3.72. The Morgan fingerprint density at radius 3 is 2.81 bits per heavy atom.